The molecule has 6 nitrogen and oxygen atoms in total. The number of aliphatic carboxylic acids is 3. The van der Waals surface area contributed by atoms with Crippen molar-refractivity contribution in [2.45, 2.75) is 6.92 Å². The molecule has 0 unspecified atom stereocenters. The lowest BCUT2D eigenvalue weighted by Gasteiger charge is -1.85. The summed E-state index contributed by atoms with van der Waals surface area (Å²) in [6.07, 6.45) is 2.95. The molecule has 1 rings (SSSR count). The normalized spacial score (nSPS) is 8.59. The zero-order valence-corrected chi connectivity index (χ0v) is 12.1. The Balaban J connectivity index is 0. The van der Waals surface area contributed by atoms with E-state index >= 15 is 0 Å². The molecule has 0 aliphatic rings. The van der Waals surface area contributed by atoms with E-state index in [0.29, 0.717) is 12.2 Å². The van der Waals surface area contributed by atoms with E-state index in [4.69, 9.17) is 15.3 Å². The van der Waals surface area contributed by atoms with E-state index in [1.165, 1.54) is 12.5 Å². The quantitative estimate of drug-likeness (QED) is 0.737. The molecule has 0 amide bonds. The van der Waals surface area contributed by atoms with Crippen molar-refractivity contribution in [1.82, 2.24) is 0 Å². The lowest BCUT2D eigenvalue weighted by atomic mass is 10.2. The molecule has 118 valence electrons. The van der Waals surface area contributed by atoms with Gasteiger partial charge in [0.1, 0.15) is 0 Å². The SMILES string of the molecule is C=C(C)C(=O)O.C=Cc1ccccc1.O=C(O)/C=C/C(=O)O. The first-order valence-electron chi connectivity index (χ1n) is 5.91. The molecule has 0 saturated heterocycles. The van der Waals surface area contributed by atoms with Crippen LogP contribution in [0.15, 0.2) is 61.2 Å². The fourth-order valence-electron chi connectivity index (χ4n) is 0.732. The number of benzene rings is 1. The summed E-state index contributed by atoms with van der Waals surface area (Å²) >= 11 is 0. The molecule has 0 aliphatic carbocycles. The van der Waals surface area contributed by atoms with E-state index in [9.17, 15) is 14.4 Å². The predicted molar refractivity (Wildman–Crippen MR) is 83.4 cm³/mol. The van der Waals surface area contributed by atoms with Gasteiger partial charge in [0.2, 0.25) is 0 Å². The van der Waals surface area contributed by atoms with Crippen LogP contribution in [-0.2, 0) is 14.4 Å². The van der Waals surface area contributed by atoms with Crippen molar-refractivity contribution in [2.24, 2.45) is 0 Å². The Morgan fingerprint density at radius 2 is 1.32 bits per heavy atom. The highest BCUT2D eigenvalue weighted by Crippen LogP contribution is 1.97. The molecule has 6 heteroatoms. The molecule has 0 radical (unpaired) electrons. The van der Waals surface area contributed by atoms with Crippen molar-refractivity contribution in [2.75, 3.05) is 0 Å². The van der Waals surface area contributed by atoms with Gasteiger partial charge in [-0.3, -0.25) is 0 Å². The van der Waals surface area contributed by atoms with Crippen LogP contribution < -0.4 is 0 Å². The standard InChI is InChI=1S/C8H8.C4H4O4.C4H6O2/c1-2-8-6-4-3-5-7-8;5-3(6)1-2-4(7)8;1-3(2)4(5)6/h2-7H,1H2;1-2H,(H,5,6)(H,7,8);1H2,2H3,(H,5,6)/b;2-1+;. The minimum atomic E-state index is -1.26. The Morgan fingerprint density at radius 1 is 0.955 bits per heavy atom. The van der Waals surface area contributed by atoms with Crippen molar-refractivity contribution in [3.05, 3.63) is 66.8 Å². The molecular formula is C16H18O6. The maximum Gasteiger partial charge on any atom is 0.330 e. The molecule has 0 heterocycles. The Labute approximate surface area is 128 Å². The predicted octanol–water partition coefficient (Wildman–Crippen LogP) is 2.69. The van der Waals surface area contributed by atoms with Gasteiger partial charge in [0.05, 0.1) is 0 Å². The number of rotatable bonds is 4. The monoisotopic (exact) mass is 306 g/mol. The van der Waals surface area contributed by atoms with Gasteiger partial charge in [-0.05, 0) is 12.5 Å². The molecule has 22 heavy (non-hydrogen) atoms. The summed E-state index contributed by atoms with van der Waals surface area (Å²) in [5.41, 5.74) is 1.35. The number of carboxylic acid groups (broad SMARTS) is 3. The molecule has 0 saturated carbocycles. The highest BCUT2D eigenvalue weighted by Gasteiger charge is 1.90. The van der Waals surface area contributed by atoms with Crippen LogP contribution in [0.1, 0.15) is 12.5 Å². The zero-order valence-electron chi connectivity index (χ0n) is 12.1. The third-order valence-electron chi connectivity index (χ3n) is 1.77. The number of hydrogen-bond donors (Lipinski definition) is 3. The van der Waals surface area contributed by atoms with E-state index in [0.717, 1.165) is 0 Å². The van der Waals surface area contributed by atoms with Gasteiger partial charge in [0.15, 0.2) is 0 Å². The molecular weight excluding hydrogens is 288 g/mol. The second-order valence-corrected chi connectivity index (χ2v) is 3.71. The number of carbonyl (C=O) groups is 3. The van der Waals surface area contributed by atoms with Crippen LogP contribution in [0.4, 0.5) is 0 Å². The van der Waals surface area contributed by atoms with Gasteiger partial charge < -0.3 is 15.3 Å². The average Bonchev–Trinajstić information content (AvgIpc) is 2.47. The van der Waals surface area contributed by atoms with Gasteiger partial charge in [-0.2, -0.15) is 0 Å². The summed E-state index contributed by atoms with van der Waals surface area (Å²) in [6.45, 7) is 8.23. The minimum absolute atomic E-state index is 0.176. The summed E-state index contributed by atoms with van der Waals surface area (Å²) in [6, 6.07) is 10.0. The molecule has 1 aromatic rings. The average molecular weight is 306 g/mol. The van der Waals surface area contributed by atoms with Crippen molar-refractivity contribution in [3.8, 4) is 0 Å². The van der Waals surface area contributed by atoms with Crippen LogP contribution >= 0.6 is 0 Å². The summed E-state index contributed by atoms with van der Waals surface area (Å²) in [4.78, 5) is 28.7. The maximum absolute atomic E-state index is 9.60. The van der Waals surface area contributed by atoms with Gasteiger partial charge in [0, 0.05) is 17.7 Å². The molecule has 0 aliphatic heterocycles. The summed E-state index contributed by atoms with van der Waals surface area (Å²) in [5.74, 6) is -3.45. The lowest BCUT2D eigenvalue weighted by molar-refractivity contribution is -0.134. The lowest BCUT2D eigenvalue weighted by Crippen LogP contribution is -1.92. The first kappa shape index (κ1) is 21.2. The second-order valence-electron chi connectivity index (χ2n) is 3.71. The van der Waals surface area contributed by atoms with E-state index < -0.39 is 17.9 Å². The topological polar surface area (TPSA) is 112 Å². The van der Waals surface area contributed by atoms with E-state index in [2.05, 4.69) is 13.2 Å². The fourth-order valence-corrected chi connectivity index (χ4v) is 0.732. The Bertz CT molecular complexity index is 515. The number of hydrogen-bond acceptors (Lipinski definition) is 3. The van der Waals surface area contributed by atoms with Crippen LogP contribution in [0, 0.1) is 0 Å². The minimum Gasteiger partial charge on any atom is -0.478 e. The van der Waals surface area contributed by atoms with Crippen molar-refractivity contribution in [1.29, 1.82) is 0 Å². The van der Waals surface area contributed by atoms with E-state index in [1.807, 2.05) is 36.4 Å². The van der Waals surface area contributed by atoms with Crippen LogP contribution in [-0.4, -0.2) is 33.2 Å². The van der Waals surface area contributed by atoms with Gasteiger partial charge >= 0.3 is 17.9 Å². The third kappa shape index (κ3) is 16.9. The van der Waals surface area contributed by atoms with Crippen molar-refractivity contribution >= 4 is 24.0 Å². The van der Waals surface area contributed by atoms with Crippen molar-refractivity contribution < 1.29 is 29.7 Å². The molecule has 3 N–H and O–H groups in total. The second kappa shape index (κ2) is 12.9. The van der Waals surface area contributed by atoms with E-state index in [1.54, 1.807) is 0 Å². The van der Waals surface area contributed by atoms with Crippen LogP contribution in [0.25, 0.3) is 6.08 Å². The highest BCUT2D eigenvalue weighted by atomic mass is 16.4. The van der Waals surface area contributed by atoms with E-state index in [-0.39, 0.29) is 5.57 Å². The molecule has 0 spiro atoms. The van der Waals surface area contributed by atoms with Gasteiger partial charge in [-0.25, -0.2) is 14.4 Å². The van der Waals surface area contributed by atoms with Crippen molar-refractivity contribution in [3.63, 3.8) is 0 Å². The third-order valence-corrected chi connectivity index (χ3v) is 1.77. The van der Waals surface area contributed by atoms with Crippen LogP contribution in [0.3, 0.4) is 0 Å². The van der Waals surface area contributed by atoms with Crippen LogP contribution in [0.5, 0.6) is 0 Å². The largest absolute Gasteiger partial charge is 0.478 e. The first-order valence-corrected chi connectivity index (χ1v) is 5.91. The van der Waals surface area contributed by atoms with Gasteiger partial charge in [0.25, 0.3) is 0 Å². The van der Waals surface area contributed by atoms with Gasteiger partial charge in [-0.15, -0.1) is 0 Å². The Kier molecular flexibility index (Phi) is 12.4. The fraction of sp³-hybridized carbons (Fsp3) is 0.0625. The molecule has 0 bridgehead atoms. The molecule has 0 fully saturated rings. The summed E-state index contributed by atoms with van der Waals surface area (Å²) < 4.78 is 0. The smallest absolute Gasteiger partial charge is 0.330 e. The number of carboxylic acids is 3. The molecule has 1 aromatic carbocycles. The highest BCUT2D eigenvalue weighted by molar-refractivity contribution is 5.89. The Morgan fingerprint density at radius 3 is 1.50 bits per heavy atom. The first-order chi connectivity index (χ1) is 10.2. The molecule has 0 aromatic heterocycles. The summed E-state index contributed by atoms with van der Waals surface area (Å²) in [7, 11) is 0. The Hall–Kier alpha value is -3.15. The van der Waals surface area contributed by atoms with Crippen LogP contribution in [0.2, 0.25) is 0 Å². The maximum atomic E-state index is 9.60. The summed E-state index contributed by atoms with van der Waals surface area (Å²) in [5, 5.41) is 23.5. The zero-order chi connectivity index (χ0) is 17.5. The molecule has 0 atom stereocenters. The van der Waals surface area contributed by atoms with Gasteiger partial charge in [-0.1, -0.05) is 49.6 Å².